The maximum atomic E-state index is 9.60. The first-order valence-corrected chi connectivity index (χ1v) is 6.42. The van der Waals surface area contributed by atoms with E-state index in [-0.39, 0.29) is 12.1 Å². The van der Waals surface area contributed by atoms with Gasteiger partial charge < -0.3 is 9.84 Å². The van der Waals surface area contributed by atoms with Crippen LogP contribution < -0.4 is 0 Å². The fourth-order valence-corrected chi connectivity index (χ4v) is 2.68. The summed E-state index contributed by atoms with van der Waals surface area (Å²) in [4.78, 5) is 4.95. The number of aliphatic hydroxyl groups is 1. The number of ether oxygens (including phenoxy) is 1. The van der Waals surface area contributed by atoms with Gasteiger partial charge in [0.25, 0.3) is 0 Å². The van der Waals surface area contributed by atoms with Crippen LogP contribution in [0.1, 0.15) is 20.3 Å². The van der Waals surface area contributed by atoms with Crippen LogP contribution in [0.3, 0.4) is 0 Å². The van der Waals surface area contributed by atoms with E-state index in [1.807, 2.05) is 6.92 Å². The number of aliphatic hydroxyl groups excluding tert-OH is 1. The highest BCUT2D eigenvalue weighted by Gasteiger charge is 2.31. The molecule has 0 aromatic heterocycles. The first-order valence-electron chi connectivity index (χ1n) is 6.42. The molecule has 3 unspecified atom stereocenters. The van der Waals surface area contributed by atoms with E-state index >= 15 is 0 Å². The smallest absolute Gasteiger partial charge is 0.0664 e. The van der Waals surface area contributed by atoms with E-state index in [0.717, 1.165) is 39.4 Å². The zero-order valence-electron chi connectivity index (χ0n) is 10.4. The largest absolute Gasteiger partial charge is 0.392 e. The molecule has 1 N–H and O–H groups in total. The summed E-state index contributed by atoms with van der Waals surface area (Å²) in [6.07, 6.45) is 1.00. The lowest BCUT2D eigenvalue weighted by Gasteiger charge is -2.33. The molecule has 0 spiro atoms. The minimum atomic E-state index is -0.233. The van der Waals surface area contributed by atoms with Gasteiger partial charge in [0.15, 0.2) is 0 Å². The Morgan fingerprint density at radius 3 is 2.50 bits per heavy atom. The van der Waals surface area contributed by atoms with Gasteiger partial charge in [-0.15, -0.1) is 0 Å². The average Bonchev–Trinajstić information content (AvgIpc) is 2.78. The molecule has 4 nitrogen and oxygen atoms in total. The van der Waals surface area contributed by atoms with E-state index in [1.165, 1.54) is 6.42 Å². The molecule has 0 radical (unpaired) electrons. The van der Waals surface area contributed by atoms with Crippen molar-refractivity contribution in [1.29, 1.82) is 0 Å². The summed E-state index contributed by atoms with van der Waals surface area (Å²) in [5, 5.41) is 9.60. The Kier molecular flexibility index (Phi) is 4.19. The van der Waals surface area contributed by atoms with Crippen LogP contribution in [-0.2, 0) is 4.74 Å². The topological polar surface area (TPSA) is 35.9 Å². The standard InChI is InChI=1S/C12H24N2O2/c1-10(11(2)15)14-4-3-12(9-14)13-5-7-16-8-6-13/h10-12,15H,3-9H2,1-2H3. The fourth-order valence-electron chi connectivity index (χ4n) is 2.68. The SMILES string of the molecule is CC(O)C(C)N1CCC(N2CCOCC2)C1. The Morgan fingerprint density at radius 1 is 1.19 bits per heavy atom. The highest BCUT2D eigenvalue weighted by atomic mass is 16.5. The normalized spacial score (nSPS) is 32.8. The number of nitrogens with zero attached hydrogens (tertiary/aromatic N) is 2. The van der Waals surface area contributed by atoms with Gasteiger partial charge in [-0.25, -0.2) is 0 Å². The quantitative estimate of drug-likeness (QED) is 0.746. The lowest BCUT2D eigenvalue weighted by atomic mass is 10.2. The zero-order valence-corrected chi connectivity index (χ0v) is 10.4. The van der Waals surface area contributed by atoms with Crippen LogP contribution in [0.2, 0.25) is 0 Å². The van der Waals surface area contributed by atoms with Crippen LogP contribution in [0, 0.1) is 0 Å². The Balaban J connectivity index is 1.82. The maximum Gasteiger partial charge on any atom is 0.0664 e. The van der Waals surface area contributed by atoms with E-state index in [1.54, 1.807) is 0 Å². The zero-order chi connectivity index (χ0) is 11.5. The molecular formula is C12H24N2O2. The van der Waals surface area contributed by atoms with Crippen molar-refractivity contribution in [2.75, 3.05) is 39.4 Å². The lowest BCUT2D eigenvalue weighted by Crippen LogP contribution is -2.46. The number of likely N-dealkylation sites (tertiary alicyclic amines) is 1. The Hall–Kier alpha value is -0.160. The Labute approximate surface area is 98.2 Å². The van der Waals surface area contributed by atoms with Crippen molar-refractivity contribution in [2.24, 2.45) is 0 Å². The summed E-state index contributed by atoms with van der Waals surface area (Å²) in [7, 11) is 0. The molecule has 94 valence electrons. The molecule has 0 amide bonds. The molecule has 2 fully saturated rings. The predicted molar refractivity (Wildman–Crippen MR) is 63.5 cm³/mol. The molecule has 0 aromatic rings. The van der Waals surface area contributed by atoms with Crippen LogP contribution in [0.25, 0.3) is 0 Å². The molecule has 16 heavy (non-hydrogen) atoms. The number of morpholine rings is 1. The molecule has 0 aliphatic carbocycles. The van der Waals surface area contributed by atoms with Crippen molar-refractivity contribution in [3.05, 3.63) is 0 Å². The van der Waals surface area contributed by atoms with Gasteiger partial charge in [0.2, 0.25) is 0 Å². The molecule has 0 saturated carbocycles. The number of hydrogen-bond donors (Lipinski definition) is 1. The summed E-state index contributed by atoms with van der Waals surface area (Å²) >= 11 is 0. The van der Waals surface area contributed by atoms with Crippen LogP contribution in [-0.4, -0.2) is 72.5 Å². The summed E-state index contributed by atoms with van der Waals surface area (Å²) in [6, 6.07) is 0.955. The second-order valence-corrected chi connectivity index (χ2v) is 5.07. The minimum absolute atomic E-state index is 0.233. The van der Waals surface area contributed by atoms with Crippen molar-refractivity contribution in [1.82, 2.24) is 9.80 Å². The van der Waals surface area contributed by atoms with Crippen LogP contribution in [0.15, 0.2) is 0 Å². The summed E-state index contributed by atoms with van der Waals surface area (Å²) in [5.41, 5.74) is 0. The van der Waals surface area contributed by atoms with Crippen molar-refractivity contribution in [3.8, 4) is 0 Å². The molecule has 2 heterocycles. The van der Waals surface area contributed by atoms with E-state index in [2.05, 4.69) is 16.7 Å². The van der Waals surface area contributed by atoms with Crippen molar-refractivity contribution in [3.63, 3.8) is 0 Å². The third kappa shape index (κ3) is 2.74. The second kappa shape index (κ2) is 5.45. The minimum Gasteiger partial charge on any atom is -0.392 e. The molecular weight excluding hydrogens is 204 g/mol. The van der Waals surface area contributed by atoms with Gasteiger partial charge in [-0.1, -0.05) is 0 Å². The molecule has 2 saturated heterocycles. The molecule has 0 bridgehead atoms. The van der Waals surface area contributed by atoms with E-state index < -0.39 is 0 Å². The summed E-state index contributed by atoms with van der Waals surface area (Å²) in [5.74, 6) is 0. The van der Waals surface area contributed by atoms with E-state index in [0.29, 0.717) is 6.04 Å². The summed E-state index contributed by atoms with van der Waals surface area (Å²) in [6.45, 7) is 10.1. The first kappa shape index (κ1) is 12.3. The molecule has 4 heteroatoms. The first-order chi connectivity index (χ1) is 7.68. The van der Waals surface area contributed by atoms with Gasteiger partial charge in [-0.3, -0.25) is 9.80 Å². The Morgan fingerprint density at radius 2 is 1.88 bits per heavy atom. The van der Waals surface area contributed by atoms with Crippen molar-refractivity contribution < 1.29 is 9.84 Å². The fraction of sp³-hybridized carbons (Fsp3) is 1.00. The van der Waals surface area contributed by atoms with Gasteiger partial charge in [0.1, 0.15) is 0 Å². The average molecular weight is 228 g/mol. The van der Waals surface area contributed by atoms with Crippen molar-refractivity contribution in [2.45, 2.75) is 38.5 Å². The highest BCUT2D eigenvalue weighted by molar-refractivity contribution is 4.87. The molecule has 3 atom stereocenters. The van der Waals surface area contributed by atoms with Crippen LogP contribution in [0.5, 0.6) is 0 Å². The molecule has 2 aliphatic heterocycles. The maximum absolute atomic E-state index is 9.60. The van der Waals surface area contributed by atoms with E-state index in [4.69, 9.17) is 4.74 Å². The predicted octanol–water partition coefficient (Wildman–Crippen LogP) is 0.162. The highest BCUT2D eigenvalue weighted by Crippen LogP contribution is 2.20. The van der Waals surface area contributed by atoms with Gasteiger partial charge in [0.05, 0.1) is 19.3 Å². The monoisotopic (exact) mass is 228 g/mol. The molecule has 2 rings (SSSR count). The number of hydrogen-bond acceptors (Lipinski definition) is 4. The third-order valence-corrected chi connectivity index (χ3v) is 4.03. The molecule has 0 aromatic carbocycles. The molecule has 2 aliphatic rings. The van der Waals surface area contributed by atoms with Crippen LogP contribution >= 0.6 is 0 Å². The third-order valence-electron chi connectivity index (χ3n) is 4.03. The van der Waals surface area contributed by atoms with Crippen molar-refractivity contribution >= 4 is 0 Å². The second-order valence-electron chi connectivity index (χ2n) is 5.07. The van der Waals surface area contributed by atoms with E-state index in [9.17, 15) is 5.11 Å². The van der Waals surface area contributed by atoms with Gasteiger partial charge in [-0.2, -0.15) is 0 Å². The van der Waals surface area contributed by atoms with Gasteiger partial charge in [0, 0.05) is 38.3 Å². The summed E-state index contributed by atoms with van der Waals surface area (Å²) < 4.78 is 5.38. The lowest BCUT2D eigenvalue weighted by molar-refractivity contribution is 0.0151. The van der Waals surface area contributed by atoms with Gasteiger partial charge >= 0.3 is 0 Å². The van der Waals surface area contributed by atoms with Gasteiger partial charge in [-0.05, 0) is 20.3 Å². The number of rotatable bonds is 3. The van der Waals surface area contributed by atoms with Crippen LogP contribution in [0.4, 0.5) is 0 Å². The Bertz CT molecular complexity index is 217.